The summed E-state index contributed by atoms with van der Waals surface area (Å²) in [6, 6.07) is -1.87. The SMILES string of the molecule is CC1CCCCN1S(=O)(=O)N[C@H](CC(=O)O)C(=O)O. The first kappa shape index (κ1) is 15.9. The Bertz CT molecular complexity index is 449. The molecule has 0 aromatic rings. The van der Waals surface area contributed by atoms with Crippen molar-refractivity contribution in [2.75, 3.05) is 6.54 Å². The lowest BCUT2D eigenvalue weighted by Gasteiger charge is -2.32. The fourth-order valence-corrected chi connectivity index (χ4v) is 3.66. The third-order valence-electron chi connectivity index (χ3n) is 3.02. The van der Waals surface area contributed by atoms with Crippen molar-refractivity contribution in [2.45, 2.75) is 44.7 Å². The molecule has 110 valence electrons. The van der Waals surface area contributed by atoms with Crippen LogP contribution in [0.15, 0.2) is 0 Å². The highest BCUT2D eigenvalue weighted by molar-refractivity contribution is 7.87. The summed E-state index contributed by atoms with van der Waals surface area (Å²) in [5.41, 5.74) is 0. The van der Waals surface area contributed by atoms with Gasteiger partial charge in [0.2, 0.25) is 0 Å². The molecule has 1 fully saturated rings. The van der Waals surface area contributed by atoms with Gasteiger partial charge < -0.3 is 10.2 Å². The summed E-state index contributed by atoms with van der Waals surface area (Å²) >= 11 is 0. The highest BCUT2D eigenvalue weighted by Gasteiger charge is 2.34. The van der Waals surface area contributed by atoms with E-state index in [2.05, 4.69) is 0 Å². The fraction of sp³-hybridized carbons (Fsp3) is 0.800. The van der Waals surface area contributed by atoms with E-state index in [-0.39, 0.29) is 6.04 Å². The minimum atomic E-state index is -3.98. The molecule has 0 aliphatic carbocycles. The summed E-state index contributed by atoms with van der Waals surface area (Å²) in [5, 5.41) is 17.4. The second-order valence-electron chi connectivity index (χ2n) is 4.57. The Kier molecular flexibility index (Phi) is 5.27. The Morgan fingerprint density at radius 3 is 2.47 bits per heavy atom. The van der Waals surface area contributed by atoms with Crippen molar-refractivity contribution in [2.24, 2.45) is 0 Å². The van der Waals surface area contributed by atoms with Gasteiger partial charge in [-0.3, -0.25) is 9.59 Å². The largest absolute Gasteiger partial charge is 0.481 e. The Morgan fingerprint density at radius 2 is 2.00 bits per heavy atom. The molecule has 1 saturated heterocycles. The van der Waals surface area contributed by atoms with E-state index < -0.39 is 34.6 Å². The van der Waals surface area contributed by atoms with Crippen molar-refractivity contribution in [3.05, 3.63) is 0 Å². The van der Waals surface area contributed by atoms with E-state index in [9.17, 15) is 18.0 Å². The molecule has 0 aromatic heterocycles. The van der Waals surface area contributed by atoms with Crippen molar-refractivity contribution < 1.29 is 28.2 Å². The molecule has 0 amide bonds. The van der Waals surface area contributed by atoms with E-state index in [4.69, 9.17) is 10.2 Å². The molecular formula is C10H18N2O6S. The average molecular weight is 294 g/mol. The number of hydrogen-bond acceptors (Lipinski definition) is 4. The Morgan fingerprint density at radius 1 is 1.37 bits per heavy atom. The van der Waals surface area contributed by atoms with Gasteiger partial charge in [0, 0.05) is 12.6 Å². The molecule has 8 nitrogen and oxygen atoms in total. The second-order valence-corrected chi connectivity index (χ2v) is 6.22. The molecule has 1 rings (SSSR count). The van der Waals surface area contributed by atoms with Crippen LogP contribution in [0.2, 0.25) is 0 Å². The van der Waals surface area contributed by atoms with E-state index in [0.29, 0.717) is 19.4 Å². The summed E-state index contributed by atoms with van der Waals surface area (Å²) in [7, 11) is -3.98. The van der Waals surface area contributed by atoms with Crippen LogP contribution in [0.4, 0.5) is 0 Å². The number of hydrogen-bond donors (Lipinski definition) is 3. The summed E-state index contributed by atoms with van der Waals surface area (Å²) in [6.45, 7) is 2.06. The molecule has 0 saturated carbocycles. The maximum atomic E-state index is 12.1. The number of rotatable bonds is 6. The first-order chi connectivity index (χ1) is 8.74. The van der Waals surface area contributed by atoms with Gasteiger partial charge in [-0.1, -0.05) is 6.42 Å². The van der Waals surface area contributed by atoms with E-state index in [0.717, 1.165) is 6.42 Å². The number of nitrogens with zero attached hydrogens (tertiary/aromatic N) is 1. The average Bonchev–Trinajstić information content (AvgIpc) is 2.27. The quantitative estimate of drug-likeness (QED) is 0.613. The standard InChI is InChI=1S/C10H18N2O6S/c1-7-4-2-3-5-12(7)19(17,18)11-8(10(15)16)6-9(13)14/h7-8,11H,2-6H2,1H3,(H,13,14)(H,15,16)/t7?,8-/m1/s1. The molecule has 0 aromatic carbocycles. The Hall–Kier alpha value is -1.19. The third kappa shape index (κ3) is 4.44. The second kappa shape index (κ2) is 6.31. The van der Waals surface area contributed by atoms with Crippen molar-refractivity contribution in [3.8, 4) is 0 Å². The molecule has 19 heavy (non-hydrogen) atoms. The lowest BCUT2D eigenvalue weighted by molar-refractivity contribution is -0.145. The number of aliphatic carboxylic acids is 2. The van der Waals surface area contributed by atoms with Crippen LogP contribution in [0.25, 0.3) is 0 Å². The minimum absolute atomic E-state index is 0.217. The van der Waals surface area contributed by atoms with Crippen LogP contribution in [0.3, 0.4) is 0 Å². The number of nitrogens with one attached hydrogen (secondary N) is 1. The zero-order valence-electron chi connectivity index (χ0n) is 10.6. The van der Waals surface area contributed by atoms with Gasteiger partial charge in [0.25, 0.3) is 10.2 Å². The predicted molar refractivity (Wildman–Crippen MR) is 65.8 cm³/mol. The van der Waals surface area contributed by atoms with Crippen molar-refractivity contribution in [1.29, 1.82) is 0 Å². The molecule has 1 heterocycles. The molecular weight excluding hydrogens is 276 g/mol. The van der Waals surface area contributed by atoms with Crippen LogP contribution in [0.5, 0.6) is 0 Å². The zero-order valence-corrected chi connectivity index (χ0v) is 11.4. The highest BCUT2D eigenvalue weighted by atomic mass is 32.2. The van der Waals surface area contributed by atoms with Crippen molar-refractivity contribution in [1.82, 2.24) is 9.03 Å². The van der Waals surface area contributed by atoms with Crippen LogP contribution < -0.4 is 4.72 Å². The summed E-state index contributed by atoms with van der Waals surface area (Å²) in [5.74, 6) is -2.88. The van der Waals surface area contributed by atoms with E-state index in [1.165, 1.54) is 4.31 Å². The molecule has 0 radical (unpaired) electrons. The van der Waals surface area contributed by atoms with Crippen LogP contribution in [0.1, 0.15) is 32.6 Å². The molecule has 2 atom stereocenters. The topological polar surface area (TPSA) is 124 Å². The zero-order chi connectivity index (χ0) is 14.6. The van der Waals surface area contributed by atoms with Gasteiger partial charge in [0.1, 0.15) is 6.04 Å². The number of piperidine rings is 1. The minimum Gasteiger partial charge on any atom is -0.481 e. The van der Waals surface area contributed by atoms with E-state index >= 15 is 0 Å². The van der Waals surface area contributed by atoms with Crippen LogP contribution in [0, 0.1) is 0 Å². The lowest BCUT2D eigenvalue weighted by atomic mass is 10.1. The van der Waals surface area contributed by atoms with E-state index in [1.54, 1.807) is 6.92 Å². The number of carboxylic acids is 2. The summed E-state index contributed by atoms with van der Waals surface area (Å²) in [4.78, 5) is 21.4. The van der Waals surface area contributed by atoms with Gasteiger partial charge in [0.15, 0.2) is 0 Å². The monoisotopic (exact) mass is 294 g/mol. The van der Waals surface area contributed by atoms with Crippen molar-refractivity contribution in [3.63, 3.8) is 0 Å². The van der Waals surface area contributed by atoms with Crippen LogP contribution in [-0.2, 0) is 19.8 Å². The molecule has 1 unspecified atom stereocenters. The highest BCUT2D eigenvalue weighted by Crippen LogP contribution is 2.19. The molecule has 1 aliphatic heterocycles. The van der Waals surface area contributed by atoms with Gasteiger partial charge in [-0.2, -0.15) is 17.4 Å². The fourth-order valence-electron chi connectivity index (χ4n) is 2.03. The first-order valence-electron chi connectivity index (χ1n) is 5.97. The molecule has 3 N–H and O–H groups in total. The normalized spacial score (nSPS) is 22.9. The molecule has 0 bridgehead atoms. The molecule has 0 spiro atoms. The van der Waals surface area contributed by atoms with Crippen molar-refractivity contribution >= 4 is 22.1 Å². The number of carbonyl (C=O) groups is 2. The third-order valence-corrected chi connectivity index (χ3v) is 4.76. The van der Waals surface area contributed by atoms with Gasteiger partial charge >= 0.3 is 11.9 Å². The predicted octanol–water partition coefficient (Wildman–Crippen LogP) is -0.377. The number of carboxylic acid groups (broad SMARTS) is 2. The Balaban J connectivity index is 2.81. The van der Waals surface area contributed by atoms with Gasteiger partial charge in [-0.25, -0.2) is 0 Å². The first-order valence-corrected chi connectivity index (χ1v) is 7.41. The molecule has 9 heteroatoms. The Labute approximate surface area is 111 Å². The maximum absolute atomic E-state index is 12.1. The van der Waals surface area contributed by atoms with Crippen LogP contribution >= 0.6 is 0 Å². The van der Waals surface area contributed by atoms with Gasteiger partial charge in [-0.05, 0) is 19.8 Å². The van der Waals surface area contributed by atoms with Gasteiger partial charge in [0.05, 0.1) is 6.42 Å². The van der Waals surface area contributed by atoms with Gasteiger partial charge in [-0.15, -0.1) is 0 Å². The smallest absolute Gasteiger partial charge is 0.322 e. The van der Waals surface area contributed by atoms with E-state index in [1.807, 2.05) is 4.72 Å². The maximum Gasteiger partial charge on any atom is 0.322 e. The summed E-state index contributed by atoms with van der Waals surface area (Å²) in [6.07, 6.45) is 1.54. The summed E-state index contributed by atoms with van der Waals surface area (Å²) < 4.78 is 27.2. The lowest BCUT2D eigenvalue weighted by Crippen LogP contribution is -2.52. The molecule has 1 aliphatic rings. The van der Waals surface area contributed by atoms with Crippen LogP contribution in [-0.4, -0.2) is 53.5 Å².